The zero-order chi connectivity index (χ0) is 17.8. The third kappa shape index (κ3) is 4.29. The van der Waals surface area contributed by atoms with Gasteiger partial charge in [0.05, 0.1) is 30.5 Å². The maximum absolute atomic E-state index is 12.8. The van der Waals surface area contributed by atoms with Crippen LogP contribution in [0.4, 0.5) is 0 Å². The van der Waals surface area contributed by atoms with E-state index in [0.717, 1.165) is 5.69 Å². The minimum atomic E-state index is -0.0219. The quantitative estimate of drug-likeness (QED) is 0.818. The molecule has 1 aliphatic rings. The van der Waals surface area contributed by atoms with Crippen molar-refractivity contribution in [3.05, 3.63) is 40.3 Å². The fourth-order valence-corrected chi connectivity index (χ4v) is 3.45. The van der Waals surface area contributed by atoms with Crippen molar-refractivity contribution in [1.29, 1.82) is 0 Å². The normalized spacial score (nSPS) is 20.4. The Morgan fingerprint density at radius 1 is 1.32 bits per heavy atom. The number of carbonyl (C=O) groups is 1. The third-order valence-electron chi connectivity index (χ3n) is 3.98. The van der Waals surface area contributed by atoms with E-state index in [9.17, 15) is 4.79 Å². The van der Waals surface area contributed by atoms with Crippen molar-refractivity contribution in [1.82, 2.24) is 9.88 Å². The first-order chi connectivity index (χ1) is 12.1. The SMILES string of the molecule is COc1cc(C(=O)N2CC(C)OC(C)C2)ccc1OCc1cscn1. The van der Waals surface area contributed by atoms with Gasteiger partial charge >= 0.3 is 0 Å². The second-order valence-electron chi connectivity index (χ2n) is 6.10. The summed E-state index contributed by atoms with van der Waals surface area (Å²) >= 11 is 1.52. The molecule has 0 spiro atoms. The number of benzene rings is 1. The van der Waals surface area contributed by atoms with Crippen LogP contribution in [0.2, 0.25) is 0 Å². The van der Waals surface area contributed by atoms with Crippen LogP contribution in [0, 0.1) is 0 Å². The van der Waals surface area contributed by atoms with Crippen molar-refractivity contribution in [2.45, 2.75) is 32.7 Å². The number of carbonyl (C=O) groups excluding carboxylic acids is 1. The zero-order valence-electron chi connectivity index (χ0n) is 14.6. The number of rotatable bonds is 5. The summed E-state index contributed by atoms with van der Waals surface area (Å²) in [7, 11) is 1.57. The largest absolute Gasteiger partial charge is 0.493 e. The van der Waals surface area contributed by atoms with Crippen molar-refractivity contribution < 1.29 is 19.0 Å². The van der Waals surface area contributed by atoms with Gasteiger partial charge in [-0.15, -0.1) is 11.3 Å². The summed E-state index contributed by atoms with van der Waals surface area (Å²) in [5, 5.41) is 1.94. The molecule has 3 rings (SSSR count). The van der Waals surface area contributed by atoms with Crippen LogP contribution in [0.25, 0.3) is 0 Å². The highest BCUT2D eigenvalue weighted by Crippen LogP contribution is 2.29. The van der Waals surface area contributed by atoms with Crippen LogP contribution >= 0.6 is 11.3 Å². The van der Waals surface area contributed by atoms with Gasteiger partial charge in [0.25, 0.3) is 5.91 Å². The molecule has 1 amide bonds. The number of nitrogens with zero attached hydrogens (tertiary/aromatic N) is 2. The van der Waals surface area contributed by atoms with Crippen molar-refractivity contribution in [2.24, 2.45) is 0 Å². The highest BCUT2D eigenvalue weighted by atomic mass is 32.1. The predicted octanol–water partition coefficient (Wildman–Crippen LogP) is 2.98. The summed E-state index contributed by atoms with van der Waals surface area (Å²) in [6.07, 6.45) is 0.0747. The van der Waals surface area contributed by atoms with Crippen molar-refractivity contribution in [3.63, 3.8) is 0 Å². The Morgan fingerprint density at radius 2 is 2.08 bits per heavy atom. The van der Waals surface area contributed by atoms with Crippen LogP contribution in [0.3, 0.4) is 0 Å². The van der Waals surface area contributed by atoms with Crippen LogP contribution in [0.15, 0.2) is 29.1 Å². The average molecular weight is 362 g/mol. The minimum Gasteiger partial charge on any atom is -0.493 e. The number of hydrogen-bond donors (Lipinski definition) is 0. The summed E-state index contributed by atoms with van der Waals surface area (Å²) in [5.41, 5.74) is 3.21. The molecule has 6 nitrogen and oxygen atoms in total. The molecule has 0 radical (unpaired) electrons. The zero-order valence-corrected chi connectivity index (χ0v) is 15.4. The molecule has 134 valence electrons. The number of thiazole rings is 1. The van der Waals surface area contributed by atoms with Crippen LogP contribution in [0.5, 0.6) is 11.5 Å². The van der Waals surface area contributed by atoms with E-state index < -0.39 is 0 Å². The molecule has 1 aromatic heterocycles. The van der Waals surface area contributed by atoms with E-state index in [-0.39, 0.29) is 18.1 Å². The van der Waals surface area contributed by atoms with Crippen molar-refractivity contribution in [2.75, 3.05) is 20.2 Å². The van der Waals surface area contributed by atoms with E-state index in [2.05, 4.69) is 4.98 Å². The molecule has 2 unspecified atom stereocenters. The number of aromatic nitrogens is 1. The van der Waals surface area contributed by atoms with Crippen molar-refractivity contribution >= 4 is 17.2 Å². The second-order valence-corrected chi connectivity index (χ2v) is 6.82. The maximum atomic E-state index is 12.8. The number of morpholine rings is 1. The van der Waals surface area contributed by atoms with Crippen LogP contribution < -0.4 is 9.47 Å². The molecule has 0 bridgehead atoms. The molecule has 7 heteroatoms. The lowest BCUT2D eigenvalue weighted by Gasteiger charge is -2.35. The first-order valence-electron chi connectivity index (χ1n) is 8.19. The summed E-state index contributed by atoms with van der Waals surface area (Å²) in [6, 6.07) is 5.27. The smallest absolute Gasteiger partial charge is 0.254 e. The van der Waals surface area contributed by atoms with Crippen LogP contribution in [-0.4, -0.2) is 48.2 Å². The third-order valence-corrected chi connectivity index (χ3v) is 4.61. The van der Waals surface area contributed by atoms with Gasteiger partial charge in [-0.3, -0.25) is 4.79 Å². The van der Waals surface area contributed by atoms with Gasteiger partial charge in [0.15, 0.2) is 11.5 Å². The lowest BCUT2D eigenvalue weighted by atomic mass is 10.1. The molecule has 2 heterocycles. The second kappa shape index (κ2) is 7.84. The fraction of sp³-hybridized carbons (Fsp3) is 0.444. The first kappa shape index (κ1) is 17.7. The molecule has 25 heavy (non-hydrogen) atoms. The Balaban J connectivity index is 1.72. The van der Waals surface area contributed by atoms with Gasteiger partial charge in [-0.05, 0) is 32.0 Å². The molecule has 1 aromatic carbocycles. The van der Waals surface area contributed by atoms with Gasteiger partial charge in [0.1, 0.15) is 6.61 Å². The van der Waals surface area contributed by atoms with E-state index in [1.54, 1.807) is 30.8 Å². The van der Waals surface area contributed by atoms with E-state index in [1.165, 1.54) is 11.3 Å². The average Bonchev–Trinajstić information content (AvgIpc) is 3.12. The number of hydrogen-bond acceptors (Lipinski definition) is 6. The van der Waals surface area contributed by atoms with Gasteiger partial charge < -0.3 is 19.1 Å². The molecule has 1 aliphatic heterocycles. The molecule has 1 fully saturated rings. The summed E-state index contributed by atoms with van der Waals surface area (Å²) < 4.78 is 16.8. The number of amides is 1. The Bertz CT molecular complexity index is 710. The maximum Gasteiger partial charge on any atom is 0.254 e. The van der Waals surface area contributed by atoms with Crippen LogP contribution in [-0.2, 0) is 11.3 Å². The molecule has 2 atom stereocenters. The van der Waals surface area contributed by atoms with E-state index in [1.807, 2.05) is 24.1 Å². The summed E-state index contributed by atoms with van der Waals surface area (Å²) in [6.45, 7) is 5.50. The fourth-order valence-electron chi connectivity index (χ4n) is 2.91. The number of ether oxygens (including phenoxy) is 3. The Morgan fingerprint density at radius 3 is 2.72 bits per heavy atom. The molecular weight excluding hydrogens is 340 g/mol. The van der Waals surface area contributed by atoms with Crippen molar-refractivity contribution in [3.8, 4) is 11.5 Å². The topological polar surface area (TPSA) is 60.9 Å². The van der Waals surface area contributed by atoms with Gasteiger partial charge in [-0.2, -0.15) is 0 Å². The Labute approximate surface area is 151 Å². The minimum absolute atomic E-state index is 0.0219. The first-order valence-corrected chi connectivity index (χ1v) is 9.13. The molecule has 0 N–H and O–H groups in total. The molecule has 0 aliphatic carbocycles. The Kier molecular flexibility index (Phi) is 5.55. The molecule has 2 aromatic rings. The predicted molar refractivity (Wildman–Crippen MR) is 95.4 cm³/mol. The van der Waals surface area contributed by atoms with Gasteiger partial charge in [-0.25, -0.2) is 4.98 Å². The van der Waals surface area contributed by atoms with Gasteiger partial charge in [-0.1, -0.05) is 0 Å². The molecular formula is C18H22N2O4S. The Hall–Kier alpha value is -2.12. The van der Waals surface area contributed by atoms with Gasteiger partial charge in [0.2, 0.25) is 0 Å². The molecule has 1 saturated heterocycles. The van der Waals surface area contributed by atoms with Crippen LogP contribution in [0.1, 0.15) is 29.9 Å². The molecule has 0 saturated carbocycles. The highest BCUT2D eigenvalue weighted by molar-refractivity contribution is 7.07. The van der Waals surface area contributed by atoms with Gasteiger partial charge in [0, 0.05) is 24.0 Å². The highest BCUT2D eigenvalue weighted by Gasteiger charge is 2.27. The summed E-state index contributed by atoms with van der Waals surface area (Å²) in [4.78, 5) is 18.8. The monoisotopic (exact) mass is 362 g/mol. The number of methoxy groups -OCH3 is 1. The standard InChI is InChI=1S/C18H22N2O4S/c1-12-7-20(8-13(2)24-12)18(21)14-4-5-16(17(6-14)22-3)23-9-15-10-25-11-19-15/h4-6,10-13H,7-9H2,1-3H3. The van der Waals surface area contributed by atoms with E-state index in [4.69, 9.17) is 14.2 Å². The van der Waals surface area contributed by atoms with E-state index >= 15 is 0 Å². The lowest BCUT2D eigenvalue weighted by Crippen LogP contribution is -2.48. The summed E-state index contributed by atoms with van der Waals surface area (Å²) in [5.74, 6) is 1.11. The lowest BCUT2D eigenvalue weighted by molar-refractivity contribution is -0.0586. The van der Waals surface area contributed by atoms with E-state index in [0.29, 0.717) is 36.8 Å².